The summed E-state index contributed by atoms with van der Waals surface area (Å²) >= 11 is 1.77. The quantitative estimate of drug-likeness (QED) is 0.492. The maximum absolute atomic E-state index is 3.31. The van der Waals surface area contributed by atoms with Crippen LogP contribution in [0.3, 0.4) is 0 Å². The Morgan fingerprint density at radius 3 is 3.44 bits per heavy atom. The van der Waals surface area contributed by atoms with Crippen molar-refractivity contribution in [2.75, 3.05) is 0 Å². The van der Waals surface area contributed by atoms with Gasteiger partial charge in [0.1, 0.15) is 0 Å². The molecular weight excluding hydrogens is 128 g/mol. The average molecular weight is 135 g/mol. The van der Waals surface area contributed by atoms with Gasteiger partial charge in [0.25, 0.3) is 0 Å². The first-order chi connectivity index (χ1) is 4.47. The van der Waals surface area contributed by atoms with Crippen molar-refractivity contribution >= 4 is 11.8 Å². The van der Waals surface area contributed by atoms with Crippen molar-refractivity contribution in [1.82, 2.24) is 0 Å². The van der Waals surface area contributed by atoms with E-state index >= 15 is 0 Å². The van der Waals surface area contributed by atoms with Crippen molar-refractivity contribution in [2.45, 2.75) is 12.8 Å². The first-order valence-corrected chi connectivity index (χ1v) is 4.03. The van der Waals surface area contributed by atoms with Gasteiger partial charge in [-0.2, -0.15) is 0 Å². The van der Waals surface area contributed by atoms with E-state index in [0.29, 0.717) is 0 Å². The highest BCUT2D eigenvalue weighted by Gasteiger charge is 2.10. The van der Waals surface area contributed by atoms with Crippen molar-refractivity contribution in [2.24, 2.45) is 0 Å². The monoisotopic (exact) mass is 135 g/mol. The fraction of sp³-hybridized carbons (Fsp3) is 0.250. The fourth-order valence-electron chi connectivity index (χ4n) is 1.10. The molecule has 1 aliphatic heterocycles. The van der Waals surface area contributed by atoms with Crippen LogP contribution in [0.2, 0.25) is 0 Å². The smallest absolute Gasteiger partial charge is 0.0179 e. The summed E-state index contributed by atoms with van der Waals surface area (Å²) in [5, 5.41) is 4.33. The minimum atomic E-state index is 1.12. The topological polar surface area (TPSA) is 0 Å². The van der Waals surface area contributed by atoms with Crippen LogP contribution in [0.4, 0.5) is 0 Å². The van der Waals surface area contributed by atoms with Crippen LogP contribution in [-0.2, 0) is 0 Å². The summed E-state index contributed by atoms with van der Waals surface area (Å²) in [7, 11) is 0. The van der Waals surface area contributed by atoms with Gasteiger partial charge in [-0.05, 0) is 47.0 Å². The SMILES string of the molecule is [C]1=C2C=CSC=C2CC1. The molecule has 9 heavy (non-hydrogen) atoms. The Balaban J connectivity index is 2.37. The number of rotatable bonds is 0. The highest BCUT2D eigenvalue weighted by atomic mass is 32.2. The van der Waals surface area contributed by atoms with Gasteiger partial charge in [0.15, 0.2) is 0 Å². The molecule has 1 heteroatoms. The standard InChI is InChI=1S/C8H7S/c1-2-7-4-5-9-6-8(7)3-1/h4-6H,1,3H2. The van der Waals surface area contributed by atoms with Gasteiger partial charge in [0, 0.05) is 0 Å². The lowest BCUT2D eigenvalue weighted by molar-refractivity contribution is 1.05. The summed E-state index contributed by atoms with van der Waals surface area (Å²) in [6.45, 7) is 0. The Labute approximate surface area is 59.3 Å². The second-order valence-corrected chi connectivity index (χ2v) is 2.95. The molecule has 2 aliphatic rings. The van der Waals surface area contributed by atoms with Crippen molar-refractivity contribution in [3.8, 4) is 0 Å². The summed E-state index contributed by atoms with van der Waals surface area (Å²) in [5.41, 5.74) is 2.80. The van der Waals surface area contributed by atoms with E-state index in [1.165, 1.54) is 17.6 Å². The van der Waals surface area contributed by atoms with Crippen molar-refractivity contribution in [1.29, 1.82) is 0 Å². The molecule has 0 amide bonds. The zero-order chi connectivity index (χ0) is 6.10. The molecule has 0 unspecified atom stereocenters. The van der Waals surface area contributed by atoms with Crippen LogP contribution in [0, 0.1) is 6.08 Å². The Bertz CT molecular complexity index is 209. The number of hydrogen-bond acceptors (Lipinski definition) is 1. The third-order valence-corrected chi connectivity index (χ3v) is 2.29. The molecule has 0 N–H and O–H groups in total. The minimum absolute atomic E-state index is 1.12. The van der Waals surface area contributed by atoms with E-state index in [4.69, 9.17) is 0 Å². The lowest BCUT2D eigenvalue weighted by atomic mass is 10.1. The molecule has 2 rings (SSSR count). The zero-order valence-corrected chi connectivity index (χ0v) is 5.87. The lowest BCUT2D eigenvalue weighted by Crippen LogP contribution is -1.79. The molecule has 0 bridgehead atoms. The van der Waals surface area contributed by atoms with Gasteiger partial charge in [-0.3, -0.25) is 0 Å². The van der Waals surface area contributed by atoms with E-state index in [-0.39, 0.29) is 0 Å². The summed E-state index contributed by atoms with van der Waals surface area (Å²) in [4.78, 5) is 0. The lowest BCUT2D eigenvalue weighted by Gasteiger charge is -2.02. The molecular formula is C8H7S. The second-order valence-electron chi connectivity index (χ2n) is 2.17. The molecule has 1 aliphatic carbocycles. The summed E-state index contributed by atoms with van der Waals surface area (Å²) < 4.78 is 0. The van der Waals surface area contributed by atoms with E-state index in [2.05, 4.69) is 23.0 Å². The Morgan fingerprint density at radius 2 is 2.56 bits per heavy atom. The average Bonchev–Trinajstić information content (AvgIpc) is 2.33. The highest BCUT2D eigenvalue weighted by Crippen LogP contribution is 2.31. The largest absolute Gasteiger partial charge is 0.106 e. The number of thioether (sulfide) groups is 1. The minimum Gasteiger partial charge on any atom is -0.106 e. The van der Waals surface area contributed by atoms with E-state index in [1.807, 2.05) is 0 Å². The molecule has 1 heterocycles. The van der Waals surface area contributed by atoms with Crippen LogP contribution >= 0.6 is 11.8 Å². The van der Waals surface area contributed by atoms with Crippen LogP contribution in [0.5, 0.6) is 0 Å². The summed E-state index contributed by atoms with van der Waals surface area (Å²) in [5.74, 6) is 0. The molecule has 0 aromatic heterocycles. The Morgan fingerprint density at radius 1 is 1.56 bits per heavy atom. The van der Waals surface area contributed by atoms with E-state index < -0.39 is 0 Å². The van der Waals surface area contributed by atoms with Gasteiger partial charge >= 0.3 is 0 Å². The van der Waals surface area contributed by atoms with Gasteiger partial charge in [0.2, 0.25) is 0 Å². The molecule has 0 fully saturated rings. The van der Waals surface area contributed by atoms with E-state index in [9.17, 15) is 0 Å². The van der Waals surface area contributed by atoms with Crippen LogP contribution in [0.1, 0.15) is 12.8 Å². The van der Waals surface area contributed by atoms with Crippen LogP contribution in [0.25, 0.3) is 0 Å². The number of hydrogen-bond donors (Lipinski definition) is 0. The molecule has 0 saturated carbocycles. The van der Waals surface area contributed by atoms with Crippen molar-refractivity contribution in [3.05, 3.63) is 34.1 Å². The van der Waals surface area contributed by atoms with E-state index in [1.54, 1.807) is 11.8 Å². The first kappa shape index (κ1) is 5.36. The van der Waals surface area contributed by atoms with Crippen molar-refractivity contribution < 1.29 is 0 Å². The summed E-state index contributed by atoms with van der Waals surface area (Å²) in [6.07, 6.45) is 7.77. The maximum atomic E-state index is 3.31. The normalized spacial score (nSPS) is 23.1. The molecule has 0 aromatic rings. The highest BCUT2D eigenvalue weighted by molar-refractivity contribution is 8.05. The van der Waals surface area contributed by atoms with Crippen LogP contribution in [0.15, 0.2) is 28.0 Å². The van der Waals surface area contributed by atoms with E-state index in [0.717, 1.165) is 6.42 Å². The van der Waals surface area contributed by atoms with Gasteiger partial charge < -0.3 is 0 Å². The van der Waals surface area contributed by atoms with Crippen LogP contribution < -0.4 is 0 Å². The molecule has 0 aromatic carbocycles. The molecule has 45 valence electrons. The third kappa shape index (κ3) is 0.855. The molecule has 1 radical (unpaired) electrons. The predicted molar refractivity (Wildman–Crippen MR) is 40.8 cm³/mol. The van der Waals surface area contributed by atoms with Gasteiger partial charge in [-0.1, -0.05) is 0 Å². The third-order valence-electron chi connectivity index (χ3n) is 1.58. The molecule has 0 atom stereocenters. The van der Waals surface area contributed by atoms with Gasteiger partial charge in [-0.25, -0.2) is 0 Å². The van der Waals surface area contributed by atoms with Gasteiger partial charge in [-0.15, -0.1) is 11.8 Å². The predicted octanol–water partition coefficient (Wildman–Crippen LogP) is 2.65. The molecule has 0 saturated heterocycles. The fourth-order valence-corrected chi connectivity index (χ4v) is 1.80. The number of fused-ring (bicyclic) bond motifs is 1. The Kier molecular flexibility index (Phi) is 1.23. The second kappa shape index (κ2) is 2.07. The van der Waals surface area contributed by atoms with Crippen LogP contribution in [-0.4, -0.2) is 0 Å². The first-order valence-electron chi connectivity index (χ1n) is 3.09. The maximum Gasteiger partial charge on any atom is -0.0179 e. The number of allylic oxidation sites excluding steroid dienone is 4. The summed E-state index contributed by atoms with van der Waals surface area (Å²) in [6, 6.07) is 0. The molecule has 0 nitrogen and oxygen atoms in total. The van der Waals surface area contributed by atoms with Crippen molar-refractivity contribution in [3.63, 3.8) is 0 Å². The zero-order valence-electron chi connectivity index (χ0n) is 5.05. The Hall–Kier alpha value is -0.430. The molecule has 0 spiro atoms. The van der Waals surface area contributed by atoms with Gasteiger partial charge in [0.05, 0.1) is 0 Å².